The molecule has 0 atom stereocenters. The number of hydrogen-bond donors (Lipinski definition) is 0. The van der Waals surface area contributed by atoms with E-state index in [0.29, 0.717) is 5.92 Å². The molecule has 1 saturated heterocycles. The summed E-state index contributed by atoms with van der Waals surface area (Å²) >= 11 is 0. The van der Waals surface area contributed by atoms with Gasteiger partial charge in [0.1, 0.15) is 17.9 Å². The summed E-state index contributed by atoms with van der Waals surface area (Å²) in [5.74, 6) is 2.27. The van der Waals surface area contributed by atoms with Crippen LogP contribution in [0.4, 0.5) is 0 Å². The smallest absolute Gasteiger partial charge is 0.246 e. The fourth-order valence-electron chi connectivity index (χ4n) is 3.20. The van der Waals surface area contributed by atoms with Crippen LogP contribution in [-0.2, 0) is 11.3 Å². The van der Waals surface area contributed by atoms with Crippen LogP contribution in [0.3, 0.4) is 0 Å². The van der Waals surface area contributed by atoms with Crippen molar-refractivity contribution >= 4 is 12.0 Å². The van der Waals surface area contributed by atoms with Gasteiger partial charge in [0.05, 0.1) is 7.11 Å². The van der Waals surface area contributed by atoms with Gasteiger partial charge in [-0.25, -0.2) is 0 Å². The molecular formula is C19H24N4O2. The lowest BCUT2D eigenvalue weighted by Crippen LogP contribution is -2.37. The average molecular weight is 340 g/mol. The number of rotatable bonds is 5. The second-order valence-electron chi connectivity index (χ2n) is 6.18. The van der Waals surface area contributed by atoms with Gasteiger partial charge < -0.3 is 14.2 Å². The van der Waals surface area contributed by atoms with Crippen molar-refractivity contribution in [3.05, 3.63) is 48.1 Å². The fourth-order valence-corrected chi connectivity index (χ4v) is 3.20. The molecule has 0 radical (unpaired) electrons. The molecule has 1 aromatic carbocycles. The van der Waals surface area contributed by atoms with Crippen LogP contribution in [0.25, 0.3) is 6.08 Å². The fraction of sp³-hybridized carbons (Fsp3) is 0.421. The zero-order valence-corrected chi connectivity index (χ0v) is 14.8. The molecule has 0 N–H and O–H groups in total. The van der Waals surface area contributed by atoms with E-state index < -0.39 is 0 Å². The lowest BCUT2D eigenvalue weighted by molar-refractivity contribution is -0.127. The van der Waals surface area contributed by atoms with Crippen LogP contribution in [0.1, 0.15) is 37.1 Å². The SMILES string of the molecule is CCn1cnnc1C1CCN(C(=O)/C=C/c2cccc(OC)c2)CC1. The Bertz CT molecular complexity index is 745. The summed E-state index contributed by atoms with van der Waals surface area (Å²) in [5, 5.41) is 8.27. The van der Waals surface area contributed by atoms with Crippen molar-refractivity contribution in [2.75, 3.05) is 20.2 Å². The van der Waals surface area contributed by atoms with Gasteiger partial charge in [-0.2, -0.15) is 0 Å². The summed E-state index contributed by atoms with van der Waals surface area (Å²) in [7, 11) is 1.64. The minimum Gasteiger partial charge on any atom is -0.497 e. The first-order valence-electron chi connectivity index (χ1n) is 8.70. The number of benzene rings is 1. The van der Waals surface area contributed by atoms with Gasteiger partial charge >= 0.3 is 0 Å². The van der Waals surface area contributed by atoms with Crippen molar-refractivity contribution in [1.82, 2.24) is 19.7 Å². The Morgan fingerprint density at radius 1 is 1.36 bits per heavy atom. The molecular weight excluding hydrogens is 316 g/mol. The van der Waals surface area contributed by atoms with E-state index in [0.717, 1.165) is 49.6 Å². The summed E-state index contributed by atoms with van der Waals surface area (Å²) in [6, 6.07) is 7.67. The Kier molecular flexibility index (Phi) is 5.48. The number of hydrogen-bond acceptors (Lipinski definition) is 4. The zero-order valence-electron chi connectivity index (χ0n) is 14.8. The molecule has 1 amide bonds. The van der Waals surface area contributed by atoms with Crippen LogP contribution in [0, 0.1) is 0 Å². The molecule has 1 fully saturated rings. The maximum absolute atomic E-state index is 12.4. The molecule has 0 unspecified atom stereocenters. The molecule has 0 aliphatic carbocycles. The summed E-state index contributed by atoms with van der Waals surface area (Å²) in [6.45, 7) is 4.48. The van der Waals surface area contributed by atoms with Crippen LogP contribution in [-0.4, -0.2) is 45.8 Å². The number of amides is 1. The number of likely N-dealkylation sites (tertiary alicyclic amines) is 1. The standard InChI is InChI=1S/C19H24N4O2/c1-3-22-14-20-21-19(22)16-9-11-23(12-10-16)18(24)8-7-15-5-4-6-17(13-15)25-2/h4-8,13-14,16H,3,9-12H2,1-2H3/b8-7+. The highest BCUT2D eigenvalue weighted by Gasteiger charge is 2.25. The van der Waals surface area contributed by atoms with Crippen molar-refractivity contribution in [2.45, 2.75) is 32.2 Å². The Hall–Kier alpha value is -2.63. The second kappa shape index (κ2) is 7.96. The first-order chi connectivity index (χ1) is 12.2. The molecule has 132 valence electrons. The highest BCUT2D eigenvalue weighted by molar-refractivity contribution is 5.91. The Morgan fingerprint density at radius 3 is 2.88 bits per heavy atom. The normalized spacial score (nSPS) is 15.7. The van der Waals surface area contributed by atoms with Crippen LogP contribution in [0.15, 0.2) is 36.7 Å². The van der Waals surface area contributed by atoms with Crippen LogP contribution >= 0.6 is 0 Å². The Morgan fingerprint density at radius 2 is 2.16 bits per heavy atom. The lowest BCUT2D eigenvalue weighted by Gasteiger charge is -2.30. The van der Waals surface area contributed by atoms with E-state index >= 15 is 0 Å². The molecule has 1 aliphatic rings. The van der Waals surface area contributed by atoms with E-state index in [4.69, 9.17) is 4.74 Å². The van der Waals surface area contributed by atoms with Crippen molar-refractivity contribution < 1.29 is 9.53 Å². The molecule has 2 aromatic rings. The third kappa shape index (κ3) is 4.07. The molecule has 1 aromatic heterocycles. The Labute approximate surface area is 148 Å². The number of aryl methyl sites for hydroxylation is 1. The molecule has 6 heteroatoms. The van der Waals surface area contributed by atoms with E-state index in [-0.39, 0.29) is 5.91 Å². The number of piperidine rings is 1. The summed E-state index contributed by atoms with van der Waals surface area (Å²) in [6.07, 6.45) is 7.12. The first-order valence-corrected chi connectivity index (χ1v) is 8.70. The van der Waals surface area contributed by atoms with Gasteiger partial charge in [0.25, 0.3) is 0 Å². The lowest BCUT2D eigenvalue weighted by atomic mass is 9.96. The molecule has 2 heterocycles. The van der Waals surface area contributed by atoms with E-state index in [1.807, 2.05) is 35.2 Å². The van der Waals surface area contributed by atoms with Gasteiger partial charge in [0.15, 0.2) is 0 Å². The van der Waals surface area contributed by atoms with Crippen LogP contribution < -0.4 is 4.74 Å². The van der Waals surface area contributed by atoms with Gasteiger partial charge in [-0.1, -0.05) is 12.1 Å². The van der Waals surface area contributed by atoms with Gasteiger partial charge in [0.2, 0.25) is 5.91 Å². The minimum absolute atomic E-state index is 0.0539. The second-order valence-corrected chi connectivity index (χ2v) is 6.18. The third-order valence-electron chi connectivity index (χ3n) is 4.67. The first kappa shape index (κ1) is 17.2. The van der Waals surface area contributed by atoms with Gasteiger partial charge in [0, 0.05) is 31.6 Å². The van der Waals surface area contributed by atoms with Gasteiger partial charge in [-0.3, -0.25) is 4.79 Å². The maximum atomic E-state index is 12.4. The minimum atomic E-state index is 0.0539. The quantitative estimate of drug-likeness (QED) is 0.785. The molecule has 6 nitrogen and oxygen atoms in total. The number of carbonyl (C=O) groups excluding carboxylic acids is 1. The van der Waals surface area contributed by atoms with E-state index in [2.05, 4.69) is 21.7 Å². The van der Waals surface area contributed by atoms with Crippen LogP contribution in [0.2, 0.25) is 0 Å². The monoisotopic (exact) mass is 340 g/mol. The van der Waals surface area contributed by atoms with Crippen molar-refractivity contribution in [1.29, 1.82) is 0 Å². The van der Waals surface area contributed by atoms with E-state index in [9.17, 15) is 4.79 Å². The molecule has 0 spiro atoms. The summed E-state index contributed by atoms with van der Waals surface area (Å²) in [5.41, 5.74) is 0.957. The van der Waals surface area contributed by atoms with E-state index in [1.54, 1.807) is 19.5 Å². The number of ether oxygens (including phenoxy) is 1. The molecule has 0 bridgehead atoms. The molecule has 1 aliphatic heterocycles. The van der Waals surface area contributed by atoms with Crippen molar-refractivity contribution in [2.24, 2.45) is 0 Å². The van der Waals surface area contributed by atoms with Crippen molar-refractivity contribution in [3.8, 4) is 5.75 Å². The summed E-state index contributed by atoms with van der Waals surface area (Å²) < 4.78 is 7.29. The van der Waals surface area contributed by atoms with Crippen molar-refractivity contribution in [3.63, 3.8) is 0 Å². The number of carbonyl (C=O) groups is 1. The highest BCUT2D eigenvalue weighted by atomic mass is 16.5. The number of aromatic nitrogens is 3. The van der Waals surface area contributed by atoms with Crippen LogP contribution in [0.5, 0.6) is 5.75 Å². The molecule has 0 saturated carbocycles. The van der Waals surface area contributed by atoms with E-state index in [1.165, 1.54) is 0 Å². The largest absolute Gasteiger partial charge is 0.497 e. The number of nitrogens with zero attached hydrogens (tertiary/aromatic N) is 4. The zero-order chi connectivity index (χ0) is 17.6. The molecule has 3 rings (SSSR count). The predicted octanol–water partition coefficient (Wildman–Crippen LogP) is 2.73. The predicted molar refractivity (Wildman–Crippen MR) is 96.3 cm³/mol. The third-order valence-corrected chi connectivity index (χ3v) is 4.67. The topological polar surface area (TPSA) is 60.2 Å². The highest BCUT2D eigenvalue weighted by Crippen LogP contribution is 2.26. The molecule has 25 heavy (non-hydrogen) atoms. The average Bonchev–Trinajstić information content (AvgIpc) is 3.15. The van der Waals surface area contributed by atoms with Gasteiger partial charge in [-0.15, -0.1) is 10.2 Å². The summed E-state index contributed by atoms with van der Waals surface area (Å²) in [4.78, 5) is 14.3. The maximum Gasteiger partial charge on any atom is 0.246 e. The Balaban J connectivity index is 1.57. The van der Waals surface area contributed by atoms with Gasteiger partial charge in [-0.05, 0) is 43.5 Å². The number of methoxy groups -OCH3 is 1.